The fourth-order valence-electron chi connectivity index (χ4n) is 4.10. The molecule has 4 rings (SSSR count). The van der Waals surface area contributed by atoms with Crippen LogP contribution in [-0.4, -0.2) is 22.5 Å². The molecule has 2 aliphatic carbocycles. The standard InChI is InChI=1S/C16H17N3O4S/c1-9-14-13(8-12-15(14)16(12,2)3)18(17-9)24(22,23)11-6-4-10(5-7-11)19(20)21/h4-7,12,15H,8H2,1-3H3/t12-,15-/m0/s1. The highest BCUT2D eigenvalue weighted by Crippen LogP contribution is 2.70. The second-order valence-electron chi connectivity index (χ2n) is 7.15. The highest BCUT2D eigenvalue weighted by Gasteiger charge is 2.64. The first kappa shape index (κ1) is 15.3. The van der Waals surface area contributed by atoms with Crippen molar-refractivity contribution < 1.29 is 13.3 Å². The summed E-state index contributed by atoms with van der Waals surface area (Å²) in [6, 6.07) is 4.92. The minimum Gasteiger partial charge on any atom is -0.258 e. The fraction of sp³-hybridized carbons (Fsp3) is 0.438. The van der Waals surface area contributed by atoms with Gasteiger partial charge < -0.3 is 0 Å². The minimum atomic E-state index is -3.84. The second kappa shape index (κ2) is 4.44. The van der Waals surface area contributed by atoms with Crippen LogP contribution >= 0.6 is 0 Å². The first-order chi connectivity index (χ1) is 11.2. The van der Waals surface area contributed by atoms with Crippen molar-refractivity contribution in [3.63, 3.8) is 0 Å². The van der Waals surface area contributed by atoms with Crippen LogP contribution in [0.3, 0.4) is 0 Å². The van der Waals surface area contributed by atoms with E-state index in [1.54, 1.807) is 0 Å². The van der Waals surface area contributed by atoms with Crippen LogP contribution in [0.5, 0.6) is 0 Å². The van der Waals surface area contributed by atoms with Gasteiger partial charge in [0.1, 0.15) is 0 Å². The van der Waals surface area contributed by atoms with Crippen molar-refractivity contribution in [3.8, 4) is 0 Å². The molecular weight excluding hydrogens is 330 g/mol. The Kier molecular flexibility index (Phi) is 2.83. The summed E-state index contributed by atoms with van der Waals surface area (Å²) in [5.41, 5.74) is 2.66. The number of rotatable bonds is 3. The summed E-state index contributed by atoms with van der Waals surface area (Å²) in [5.74, 6) is 0.857. The molecule has 1 aromatic carbocycles. The number of non-ortho nitro benzene ring substituents is 1. The van der Waals surface area contributed by atoms with E-state index in [9.17, 15) is 18.5 Å². The summed E-state index contributed by atoms with van der Waals surface area (Å²) < 4.78 is 26.9. The molecule has 0 unspecified atom stereocenters. The summed E-state index contributed by atoms with van der Waals surface area (Å²) in [7, 11) is -3.84. The topological polar surface area (TPSA) is 95.1 Å². The third-order valence-electron chi connectivity index (χ3n) is 5.52. The van der Waals surface area contributed by atoms with E-state index in [2.05, 4.69) is 18.9 Å². The first-order valence-electron chi connectivity index (χ1n) is 7.74. The Hall–Kier alpha value is -2.22. The Morgan fingerprint density at radius 3 is 2.50 bits per heavy atom. The van der Waals surface area contributed by atoms with Crippen molar-refractivity contribution in [3.05, 3.63) is 51.3 Å². The predicted molar refractivity (Wildman–Crippen MR) is 86.4 cm³/mol. The van der Waals surface area contributed by atoms with E-state index in [1.807, 2.05) is 6.92 Å². The van der Waals surface area contributed by atoms with Crippen molar-refractivity contribution in [1.82, 2.24) is 9.19 Å². The molecule has 0 saturated heterocycles. The van der Waals surface area contributed by atoms with Gasteiger partial charge in [0.25, 0.3) is 15.7 Å². The predicted octanol–water partition coefficient (Wildman–Crippen LogP) is 2.63. The van der Waals surface area contributed by atoms with Crippen molar-refractivity contribution in [2.75, 3.05) is 0 Å². The zero-order chi connectivity index (χ0) is 17.4. The minimum absolute atomic E-state index is 0.0123. The van der Waals surface area contributed by atoms with Gasteiger partial charge in [0, 0.05) is 17.7 Å². The molecule has 1 heterocycles. The molecule has 7 nitrogen and oxygen atoms in total. The van der Waals surface area contributed by atoms with Gasteiger partial charge in [-0.05, 0) is 42.7 Å². The molecule has 126 valence electrons. The maximum absolute atomic E-state index is 12.9. The average molecular weight is 347 g/mol. The van der Waals surface area contributed by atoms with E-state index in [0.717, 1.165) is 21.0 Å². The summed E-state index contributed by atoms with van der Waals surface area (Å²) in [6.07, 6.45) is 0.708. The van der Waals surface area contributed by atoms with Crippen molar-refractivity contribution in [1.29, 1.82) is 0 Å². The highest BCUT2D eigenvalue weighted by atomic mass is 32.2. The van der Waals surface area contributed by atoms with E-state index in [0.29, 0.717) is 18.3 Å². The van der Waals surface area contributed by atoms with Gasteiger partial charge in [-0.3, -0.25) is 10.1 Å². The second-order valence-corrected chi connectivity index (χ2v) is 8.92. The van der Waals surface area contributed by atoms with Crippen LogP contribution in [0.2, 0.25) is 0 Å². The van der Waals surface area contributed by atoms with Gasteiger partial charge in [-0.2, -0.15) is 17.6 Å². The molecule has 0 bridgehead atoms. The highest BCUT2D eigenvalue weighted by molar-refractivity contribution is 7.89. The molecular formula is C16H17N3O4S. The molecule has 1 aromatic heterocycles. The van der Waals surface area contributed by atoms with Gasteiger partial charge >= 0.3 is 0 Å². The lowest BCUT2D eigenvalue weighted by atomic mass is 9.98. The molecule has 0 radical (unpaired) electrons. The van der Waals surface area contributed by atoms with E-state index in [-0.39, 0.29) is 16.0 Å². The third-order valence-corrected chi connectivity index (χ3v) is 7.15. The monoisotopic (exact) mass is 347 g/mol. The summed E-state index contributed by atoms with van der Waals surface area (Å²) in [6.45, 7) is 6.25. The molecule has 0 N–H and O–H groups in total. The number of benzene rings is 1. The normalized spacial score (nSPS) is 23.6. The summed E-state index contributed by atoms with van der Waals surface area (Å²) >= 11 is 0. The fourth-order valence-corrected chi connectivity index (χ4v) is 5.47. The van der Waals surface area contributed by atoms with Gasteiger partial charge in [-0.25, -0.2) is 0 Å². The zero-order valence-electron chi connectivity index (χ0n) is 13.6. The number of nitrogens with zero attached hydrogens (tertiary/aromatic N) is 3. The molecule has 0 aliphatic heterocycles. The van der Waals surface area contributed by atoms with Gasteiger partial charge in [-0.1, -0.05) is 13.8 Å². The van der Waals surface area contributed by atoms with Crippen LogP contribution in [0.4, 0.5) is 5.69 Å². The Labute approximate surface area is 139 Å². The number of nitro benzene ring substituents is 1. The van der Waals surface area contributed by atoms with E-state index < -0.39 is 14.9 Å². The van der Waals surface area contributed by atoms with E-state index >= 15 is 0 Å². The molecule has 2 aromatic rings. The van der Waals surface area contributed by atoms with Crippen molar-refractivity contribution >= 4 is 15.7 Å². The first-order valence-corrected chi connectivity index (χ1v) is 9.18. The molecule has 24 heavy (non-hydrogen) atoms. The van der Waals surface area contributed by atoms with E-state index in [1.165, 1.54) is 24.3 Å². The SMILES string of the molecule is Cc1nn(S(=O)(=O)c2ccc([N+](=O)[O-])cc2)c2c1[C@@H]1[C@H](C2)C1(C)C. The van der Waals surface area contributed by atoms with Crippen LogP contribution in [-0.2, 0) is 16.4 Å². The Morgan fingerprint density at radius 2 is 1.92 bits per heavy atom. The number of fused-ring (bicyclic) bond motifs is 3. The van der Waals surface area contributed by atoms with Crippen LogP contribution in [0, 0.1) is 28.4 Å². The Bertz CT molecular complexity index is 973. The lowest BCUT2D eigenvalue weighted by molar-refractivity contribution is -0.384. The molecule has 8 heteroatoms. The van der Waals surface area contributed by atoms with Gasteiger partial charge in [0.15, 0.2) is 0 Å². The Balaban J connectivity index is 1.79. The number of hydrogen-bond donors (Lipinski definition) is 0. The third kappa shape index (κ3) is 1.83. The number of nitro groups is 1. The molecule has 1 fully saturated rings. The number of aryl methyl sites for hydroxylation is 1. The van der Waals surface area contributed by atoms with Crippen molar-refractivity contribution in [2.24, 2.45) is 11.3 Å². The average Bonchev–Trinajstić information content (AvgIpc) is 2.85. The van der Waals surface area contributed by atoms with Crippen LogP contribution in [0.15, 0.2) is 29.2 Å². The molecule has 0 spiro atoms. The van der Waals surface area contributed by atoms with E-state index in [4.69, 9.17) is 0 Å². The maximum atomic E-state index is 12.9. The van der Waals surface area contributed by atoms with Crippen molar-refractivity contribution in [2.45, 2.75) is 38.0 Å². The maximum Gasteiger partial charge on any atom is 0.283 e. The smallest absolute Gasteiger partial charge is 0.258 e. The lowest BCUT2D eigenvalue weighted by Crippen LogP contribution is -2.18. The largest absolute Gasteiger partial charge is 0.283 e. The summed E-state index contributed by atoms with van der Waals surface area (Å²) in [5, 5.41) is 15.0. The molecule has 0 amide bonds. The molecule has 2 atom stereocenters. The van der Waals surface area contributed by atoms with Crippen LogP contribution in [0.1, 0.15) is 36.7 Å². The van der Waals surface area contributed by atoms with Gasteiger partial charge in [0.05, 0.1) is 21.2 Å². The van der Waals surface area contributed by atoms with Gasteiger partial charge in [-0.15, -0.1) is 0 Å². The molecule has 2 aliphatic rings. The van der Waals surface area contributed by atoms with Crippen LogP contribution in [0.25, 0.3) is 0 Å². The number of hydrogen-bond acceptors (Lipinski definition) is 5. The van der Waals surface area contributed by atoms with Crippen LogP contribution < -0.4 is 0 Å². The molecule has 1 saturated carbocycles. The summed E-state index contributed by atoms with van der Waals surface area (Å²) in [4.78, 5) is 10.2. The quantitative estimate of drug-likeness (QED) is 0.628. The zero-order valence-corrected chi connectivity index (χ0v) is 14.4. The Morgan fingerprint density at radius 1 is 1.29 bits per heavy atom. The number of aromatic nitrogens is 2. The lowest BCUT2D eigenvalue weighted by Gasteiger charge is -2.11. The van der Waals surface area contributed by atoms with Gasteiger partial charge in [0.2, 0.25) is 0 Å².